The number of aromatic amines is 1. The summed E-state index contributed by atoms with van der Waals surface area (Å²) < 4.78 is 38.6. The molecule has 0 saturated carbocycles. The predicted octanol–water partition coefficient (Wildman–Crippen LogP) is 4.79. The zero-order valence-electron chi connectivity index (χ0n) is 14.9. The summed E-state index contributed by atoms with van der Waals surface area (Å²) in [6.45, 7) is 1.53. The lowest BCUT2D eigenvalue weighted by atomic mass is 10.1. The maximum Gasteiger partial charge on any atom is 0.417 e. The zero-order valence-corrected chi connectivity index (χ0v) is 15.6. The van der Waals surface area contributed by atoms with Gasteiger partial charge >= 0.3 is 6.18 Å². The van der Waals surface area contributed by atoms with Crippen LogP contribution in [0.1, 0.15) is 17.5 Å². The standard InChI is InChI=1S/C20H19ClF3N3O/c21-16-7-6-13(10-15(16)20(22,23)24)12-25-8-3-9-26-19-11-18(28)14-4-1-2-5-17(14)27-19/h1-2,4-7,10-11,25H,3,8-9,12H2,(H2,26,27,28). The number of para-hydroxylation sites is 1. The number of H-pyrrole nitrogens is 1. The summed E-state index contributed by atoms with van der Waals surface area (Å²) in [5.41, 5.74) is 0.399. The van der Waals surface area contributed by atoms with E-state index in [1.165, 1.54) is 12.1 Å². The molecule has 0 amide bonds. The van der Waals surface area contributed by atoms with Gasteiger partial charge in [-0.1, -0.05) is 29.8 Å². The van der Waals surface area contributed by atoms with E-state index in [0.717, 1.165) is 18.0 Å². The molecule has 0 spiro atoms. The van der Waals surface area contributed by atoms with Crippen LogP contribution in [0.5, 0.6) is 0 Å². The molecule has 0 fully saturated rings. The highest BCUT2D eigenvalue weighted by Crippen LogP contribution is 2.35. The summed E-state index contributed by atoms with van der Waals surface area (Å²) in [7, 11) is 0. The Bertz CT molecular complexity index is 1020. The van der Waals surface area contributed by atoms with Crippen molar-refractivity contribution in [1.82, 2.24) is 10.3 Å². The first-order valence-corrected chi connectivity index (χ1v) is 9.14. The Morgan fingerprint density at radius 1 is 1.04 bits per heavy atom. The molecule has 0 atom stereocenters. The monoisotopic (exact) mass is 409 g/mol. The van der Waals surface area contributed by atoms with Crippen LogP contribution < -0.4 is 16.1 Å². The number of hydrogen-bond acceptors (Lipinski definition) is 3. The number of alkyl halides is 3. The molecule has 0 bridgehead atoms. The molecule has 148 valence electrons. The fourth-order valence-corrected chi connectivity index (χ4v) is 3.09. The van der Waals surface area contributed by atoms with Gasteiger partial charge in [0.05, 0.1) is 16.1 Å². The van der Waals surface area contributed by atoms with Crippen molar-refractivity contribution < 1.29 is 13.2 Å². The Kier molecular flexibility index (Phi) is 6.26. The molecular formula is C20H19ClF3N3O. The minimum Gasteiger partial charge on any atom is -0.371 e. The third-order valence-electron chi connectivity index (χ3n) is 4.25. The van der Waals surface area contributed by atoms with Gasteiger partial charge in [0.25, 0.3) is 0 Å². The molecule has 0 aliphatic heterocycles. The van der Waals surface area contributed by atoms with Crippen molar-refractivity contribution in [2.45, 2.75) is 19.1 Å². The van der Waals surface area contributed by atoms with Crippen molar-refractivity contribution in [3.05, 3.63) is 74.9 Å². The SMILES string of the molecule is O=c1cc(NCCCNCc2ccc(Cl)c(C(F)(F)F)c2)[nH]c2ccccc12. The lowest BCUT2D eigenvalue weighted by Gasteiger charge is -2.12. The molecule has 0 aliphatic carbocycles. The molecule has 8 heteroatoms. The van der Waals surface area contributed by atoms with E-state index in [-0.39, 0.29) is 10.5 Å². The Labute approximate surface area is 164 Å². The van der Waals surface area contributed by atoms with E-state index in [2.05, 4.69) is 15.6 Å². The van der Waals surface area contributed by atoms with Crippen LogP contribution in [-0.2, 0) is 12.7 Å². The maximum atomic E-state index is 12.9. The topological polar surface area (TPSA) is 56.9 Å². The fourth-order valence-electron chi connectivity index (χ4n) is 2.86. The van der Waals surface area contributed by atoms with Crippen LogP contribution in [0.25, 0.3) is 10.9 Å². The first-order chi connectivity index (χ1) is 13.3. The minimum absolute atomic E-state index is 0.0572. The van der Waals surface area contributed by atoms with Gasteiger partial charge in [0.1, 0.15) is 5.82 Å². The van der Waals surface area contributed by atoms with Gasteiger partial charge in [0.2, 0.25) is 0 Å². The van der Waals surface area contributed by atoms with E-state index in [4.69, 9.17) is 11.6 Å². The molecular weight excluding hydrogens is 391 g/mol. The van der Waals surface area contributed by atoms with E-state index in [9.17, 15) is 18.0 Å². The Hall–Kier alpha value is -2.51. The van der Waals surface area contributed by atoms with Gasteiger partial charge in [-0.2, -0.15) is 13.2 Å². The number of rotatable bonds is 7. The van der Waals surface area contributed by atoms with E-state index >= 15 is 0 Å². The Morgan fingerprint density at radius 3 is 2.61 bits per heavy atom. The third-order valence-corrected chi connectivity index (χ3v) is 4.58. The first-order valence-electron chi connectivity index (χ1n) is 8.77. The summed E-state index contributed by atoms with van der Waals surface area (Å²) in [5.74, 6) is 0.635. The molecule has 2 aromatic carbocycles. The normalized spacial score (nSPS) is 11.7. The fraction of sp³-hybridized carbons (Fsp3) is 0.250. The first kappa shape index (κ1) is 20.2. The highest BCUT2D eigenvalue weighted by atomic mass is 35.5. The van der Waals surface area contributed by atoms with E-state index in [1.54, 1.807) is 12.1 Å². The van der Waals surface area contributed by atoms with Gasteiger partial charge in [-0.15, -0.1) is 0 Å². The number of benzene rings is 2. The molecule has 0 saturated heterocycles. The molecule has 0 unspecified atom stereocenters. The lowest BCUT2D eigenvalue weighted by molar-refractivity contribution is -0.137. The van der Waals surface area contributed by atoms with Crippen LogP contribution in [0.4, 0.5) is 19.0 Å². The van der Waals surface area contributed by atoms with Gasteiger partial charge < -0.3 is 15.6 Å². The molecule has 3 N–H and O–H groups in total. The highest BCUT2D eigenvalue weighted by Gasteiger charge is 2.33. The smallest absolute Gasteiger partial charge is 0.371 e. The number of halogens is 4. The number of pyridine rings is 1. The average Bonchev–Trinajstić information content (AvgIpc) is 2.65. The van der Waals surface area contributed by atoms with Gasteiger partial charge in [-0.25, -0.2) is 0 Å². The zero-order chi connectivity index (χ0) is 20.1. The number of anilines is 1. The maximum absolute atomic E-state index is 12.9. The van der Waals surface area contributed by atoms with Gasteiger partial charge in [-0.05, 0) is 42.8 Å². The van der Waals surface area contributed by atoms with Gasteiger partial charge in [-0.3, -0.25) is 4.79 Å². The molecule has 4 nitrogen and oxygen atoms in total. The number of nitrogens with one attached hydrogen (secondary N) is 3. The van der Waals surface area contributed by atoms with Gasteiger partial charge in [0, 0.05) is 24.5 Å². The summed E-state index contributed by atoms with van der Waals surface area (Å²) in [6, 6.07) is 12.7. The number of hydrogen-bond donors (Lipinski definition) is 3. The predicted molar refractivity (Wildman–Crippen MR) is 106 cm³/mol. The largest absolute Gasteiger partial charge is 0.417 e. The Morgan fingerprint density at radius 2 is 1.82 bits per heavy atom. The Balaban J connectivity index is 1.46. The lowest BCUT2D eigenvalue weighted by Crippen LogP contribution is -2.19. The average molecular weight is 410 g/mol. The summed E-state index contributed by atoms with van der Waals surface area (Å²) in [6.07, 6.45) is -3.73. The summed E-state index contributed by atoms with van der Waals surface area (Å²) in [4.78, 5) is 15.2. The van der Waals surface area contributed by atoms with Crippen LogP contribution in [0, 0.1) is 0 Å². The molecule has 3 aromatic rings. The molecule has 1 heterocycles. The minimum atomic E-state index is -4.46. The van der Waals surface area contributed by atoms with Crippen LogP contribution in [0.3, 0.4) is 0 Å². The van der Waals surface area contributed by atoms with E-state index in [0.29, 0.717) is 36.4 Å². The van der Waals surface area contributed by atoms with Gasteiger partial charge in [0.15, 0.2) is 5.43 Å². The van der Waals surface area contributed by atoms with Crippen molar-refractivity contribution in [3.8, 4) is 0 Å². The quantitative estimate of drug-likeness (QED) is 0.492. The second-order valence-electron chi connectivity index (χ2n) is 6.36. The summed E-state index contributed by atoms with van der Waals surface area (Å²) >= 11 is 5.62. The molecule has 3 rings (SSSR count). The second-order valence-corrected chi connectivity index (χ2v) is 6.77. The highest BCUT2D eigenvalue weighted by molar-refractivity contribution is 6.31. The van der Waals surface area contributed by atoms with Crippen LogP contribution >= 0.6 is 11.6 Å². The van der Waals surface area contributed by atoms with E-state index in [1.807, 2.05) is 18.2 Å². The third kappa shape index (κ3) is 5.05. The molecule has 1 aromatic heterocycles. The molecule has 28 heavy (non-hydrogen) atoms. The van der Waals surface area contributed by atoms with Crippen molar-refractivity contribution >= 4 is 28.3 Å². The second kappa shape index (κ2) is 8.67. The van der Waals surface area contributed by atoms with E-state index < -0.39 is 11.7 Å². The molecule has 0 aliphatic rings. The van der Waals surface area contributed by atoms with Crippen LogP contribution in [0.2, 0.25) is 5.02 Å². The van der Waals surface area contributed by atoms with Crippen LogP contribution in [0.15, 0.2) is 53.3 Å². The van der Waals surface area contributed by atoms with Crippen LogP contribution in [-0.4, -0.2) is 18.1 Å². The van der Waals surface area contributed by atoms with Crippen molar-refractivity contribution in [1.29, 1.82) is 0 Å². The van der Waals surface area contributed by atoms with Crippen molar-refractivity contribution in [2.24, 2.45) is 0 Å². The van der Waals surface area contributed by atoms with Crippen molar-refractivity contribution in [3.63, 3.8) is 0 Å². The number of fused-ring (bicyclic) bond motifs is 1. The van der Waals surface area contributed by atoms with Crippen molar-refractivity contribution in [2.75, 3.05) is 18.4 Å². The molecule has 0 radical (unpaired) electrons. The number of aromatic nitrogens is 1. The summed E-state index contributed by atoms with van der Waals surface area (Å²) in [5, 5.41) is 6.59.